The summed E-state index contributed by atoms with van der Waals surface area (Å²) in [6, 6.07) is 5.55. The van der Waals surface area contributed by atoms with Gasteiger partial charge >= 0.3 is 0 Å². The highest BCUT2D eigenvalue weighted by atomic mass is 16.5. The van der Waals surface area contributed by atoms with Gasteiger partial charge in [0, 0.05) is 36.7 Å². The molecule has 5 heteroatoms. The molecule has 1 aromatic carbocycles. The molecule has 1 rings (SSSR count). The minimum absolute atomic E-state index is 0.0182. The van der Waals surface area contributed by atoms with Crippen LogP contribution in [0.25, 0.3) is 0 Å². The Morgan fingerprint density at radius 2 is 1.90 bits per heavy atom. The third-order valence-corrected chi connectivity index (χ3v) is 2.98. The molecule has 0 aliphatic carbocycles. The van der Waals surface area contributed by atoms with Gasteiger partial charge in [0.05, 0.1) is 14.2 Å². The first-order valence-corrected chi connectivity index (χ1v) is 7.08. The molecule has 0 saturated heterocycles. The van der Waals surface area contributed by atoms with Crippen molar-refractivity contribution >= 4 is 5.91 Å². The van der Waals surface area contributed by atoms with E-state index < -0.39 is 0 Å². The fourth-order valence-electron chi connectivity index (χ4n) is 1.83. The molecule has 0 spiro atoms. The lowest BCUT2D eigenvalue weighted by molar-refractivity contribution is -0.121. The number of hydrogen-bond donors (Lipinski definition) is 2. The van der Waals surface area contributed by atoms with E-state index in [9.17, 15) is 4.79 Å². The quantitative estimate of drug-likeness (QED) is 0.808. The van der Waals surface area contributed by atoms with Gasteiger partial charge in [-0.05, 0) is 32.9 Å². The number of nitrogens with one attached hydrogen (secondary N) is 2. The Hall–Kier alpha value is -1.75. The third-order valence-electron chi connectivity index (χ3n) is 2.98. The Morgan fingerprint density at radius 3 is 2.48 bits per heavy atom. The van der Waals surface area contributed by atoms with Crippen LogP contribution in [0, 0.1) is 0 Å². The largest absolute Gasteiger partial charge is 0.497 e. The molecule has 0 radical (unpaired) electrons. The number of carbonyl (C=O) groups is 1. The zero-order valence-corrected chi connectivity index (χ0v) is 13.6. The number of benzene rings is 1. The number of ether oxygens (including phenoxy) is 2. The van der Waals surface area contributed by atoms with Gasteiger partial charge in [0.1, 0.15) is 11.5 Å². The molecular formula is C16H26N2O3. The Labute approximate surface area is 127 Å². The van der Waals surface area contributed by atoms with Crippen LogP contribution in [0.3, 0.4) is 0 Å². The van der Waals surface area contributed by atoms with Crippen molar-refractivity contribution in [3.8, 4) is 11.5 Å². The number of hydrogen-bond acceptors (Lipinski definition) is 4. The van der Waals surface area contributed by atoms with Gasteiger partial charge in [-0.1, -0.05) is 0 Å². The topological polar surface area (TPSA) is 59.6 Å². The highest BCUT2D eigenvalue weighted by molar-refractivity contribution is 5.76. The van der Waals surface area contributed by atoms with Crippen LogP contribution in [0.5, 0.6) is 11.5 Å². The lowest BCUT2D eigenvalue weighted by Crippen LogP contribution is -2.38. The van der Waals surface area contributed by atoms with Gasteiger partial charge in [-0.25, -0.2) is 0 Å². The number of carbonyl (C=O) groups excluding carboxylic acids is 1. The standard InChI is InChI=1S/C16H26N2O3/c1-16(2,3)18-9-8-15(19)17-11-12-6-7-13(20-4)10-14(12)21-5/h6-7,10,18H,8-9,11H2,1-5H3,(H,17,19). The molecule has 0 fully saturated rings. The first-order valence-electron chi connectivity index (χ1n) is 7.08. The highest BCUT2D eigenvalue weighted by Crippen LogP contribution is 2.24. The molecule has 5 nitrogen and oxygen atoms in total. The monoisotopic (exact) mass is 294 g/mol. The number of rotatable bonds is 7. The van der Waals surface area contributed by atoms with Gasteiger partial charge in [0.25, 0.3) is 0 Å². The molecule has 0 saturated carbocycles. The van der Waals surface area contributed by atoms with Crippen LogP contribution >= 0.6 is 0 Å². The van der Waals surface area contributed by atoms with Crippen molar-refractivity contribution in [1.29, 1.82) is 0 Å². The minimum Gasteiger partial charge on any atom is -0.497 e. The lowest BCUT2D eigenvalue weighted by atomic mass is 10.1. The second-order valence-electron chi connectivity index (χ2n) is 5.88. The summed E-state index contributed by atoms with van der Waals surface area (Å²) >= 11 is 0. The highest BCUT2D eigenvalue weighted by Gasteiger charge is 2.10. The maximum Gasteiger partial charge on any atom is 0.221 e. The Balaban J connectivity index is 2.46. The van der Waals surface area contributed by atoms with Gasteiger partial charge < -0.3 is 20.1 Å². The van der Waals surface area contributed by atoms with Gasteiger partial charge in [-0.2, -0.15) is 0 Å². The maximum absolute atomic E-state index is 11.8. The fraction of sp³-hybridized carbons (Fsp3) is 0.562. The summed E-state index contributed by atoms with van der Waals surface area (Å²) in [5.74, 6) is 1.46. The molecule has 0 bridgehead atoms. The molecule has 0 unspecified atom stereocenters. The van der Waals surface area contributed by atoms with Crippen LogP contribution in [0.1, 0.15) is 32.8 Å². The SMILES string of the molecule is COc1ccc(CNC(=O)CCNC(C)(C)C)c(OC)c1. The summed E-state index contributed by atoms with van der Waals surface area (Å²) in [6.45, 7) is 7.34. The van der Waals surface area contributed by atoms with Gasteiger partial charge in [0.2, 0.25) is 5.91 Å². The molecule has 1 amide bonds. The van der Waals surface area contributed by atoms with Crippen LogP contribution in [0.2, 0.25) is 0 Å². The molecule has 118 valence electrons. The van der Waals surface area contributed by atoms with Crippen molar-refractivity contribution in [2.45, 2.75) is 39.3 Å². The van der Waals surface area contributed by atoms with E-state index in [1.54, 1.807) is 14.2 Å². The van der Waals surface area contributed by atoms with E-state index in [-0.39, 0.29) is 11.4 Å². The Kier molecular flexibility index (Phi) is 6.49. The van der Waals surface area contributed by atoms with Crippen molar-refractivity contribution in [2.24, 2.45) is 0 Å². The van der Waals surface area contributed by atoms with Crippen molar-refractivity contribution in [3.63, 3.8) is 0 Å². The zero-order chi connectivity index (χ0) is 15.9. The van der Waals surface area contributed by atoms with Crippen LogP contribution < -0.4 is 20.1 Å². The van der Waals surface area contributed by atoms with E-state index in [2.05, 4.69) is 31.4 Å². The van der Waals surface area contributed by atoms with Crippen molar-refractivity contribution in [3.05, 3.63) is 23.8 Å². The van der Waals surface area contributed by atoms with E-state index in [1.807, 2.05) is 18.2 Å². The number of amides is 1. The first-order chi connectivity index (χ1) is 9.85. The summed E-state index contributed by atoms with van der Waals surface area (Å²) in [5.41, 5.74) is 0.954. The smallest absolute Gasteiger partial charge is 0.221 e. The van der Waals surface area contributed by atoms with Crippen LogP contribution in [0.15, 0.2) is 18.2 Å². The summed E-state index contributed by atoms with van der Waals surface area (Å²) in [6.07, 6.45) is 0.454. The van der Waals surface area contributed by atoms with Gasteiger partial charge in [-0.3, -0.25) is 4.79 Å². The summed E-state index contributed by atoms with van der Waals surface area (Å²) in [4.78, 5) is 11.8. The maximum atomic E-state index is 11.8. The Morgan fingerprint density at radius 1 is 1.19 bits per heavy atom. The number of methoxy groups -OCH3 is 2. The van der Waals surface area contributed by atoms with Crippen LogP contribution in [-0.2, 0) is 11.3 Å². The summed E-state index contributed by atoms with van der Waals surface area (Å²) in [5, 5.41) is 6.18. The van der Waals surface area contributed by atoms with E-state index in [0.717, 1.165) is 11.3 Å². The average Bonchev–Trinajstić information content (AvgIpc) is 2.43. The molecule has 0 heterocycles. The van der Waals surface area contributed by atoms with E-state index >= 15 is 0 Å². The van der Waals surface area contributed by atoms with Crippen molar-refractivity contribution in [1.82, 2.24) is 10.6 Å². The first kappa shape index (κ1) is 17.3. The second-order valence-corrected chi connectivity index (χ2v) is 5.88. The predicted molar refractivity (Wildman–Crippen MR) is 83.8 cm³/mol. The minimum atomic E-state index is 0.0182. The molecule has 0 aromatic heterocycles. The molecule has 0 atom stereocenters. The molecular weight excluding hydrogens is 268 g/mol. The summed E-state index contributed by atoms with van der Waals surface area (Å²) in [7, 11) is 3.21. The van der Waals surface area contributed by atoms with Crippen LogP contribution in [-0.4, -0.2) is 32.2 Å². The predicted octanol–water partition coefficient (Wildman–Crippen LogP) is 2.10. The zero-order valence-electron chi connectivity index (χ0n) is 13.6. The molecule has 0 aliphatic rings. The average molecular weight is 294 g/mol. The Bertz CT molecular complexity index is 467. The van der Waals surface area contributed by atoms with Crippen LogP contribution in [0.4, 0.5) is 0 Å². The van der Waals surface area contributed by atoms with Gasteiger partial charge in [0.15, 0.2) is 0 Å². The van der Waals surface area contributed by atoms with E-state index in [1.165, 1.54) is 0 Å². The van der Waals surface area contributed by atoms with E-state index in [0.29, 0.717) is 25.3 Å². The summed E-state index contributed by atoms with van der Waals surface area (Å²) < 4.78 is 10.4. The molecule has 2 N–H and O–H groups in total. The lowest BCUT2D eigenvalue weighted by Gasteiger charge is -2.20. The van der Waals surface area contributed by atoms with E-state index in [4.69, 9.17) is 9.47 Å². The molecule has 1 aromatic rings. The third kappa shape index (κ3) is 6.49. The van der Waals surface area contributed by atoms with Gasteiger partial charge in [-0.15, -0.1) is 0 Å². The van der Waals surface area contributed by atoms with Crippen molar-refractivity contribution in [2.75, 3.05) is 20.8 Å². The van der Waals surface area contributed by atoms with Crippen molar-refractivity contribution < 1.29 is 14.3 Å². The molecule has 21 heavy (non-hydrogen) atoms. The molecule has 0 aliphatic heterocycles. The second kappa shape index (κ2) is 7.88. The normalized spacial score (nSPS) is 11.1. The fourth-order valence-corrected chi connectivity index (χ4v) is 1.83.